The highest BCUT2D eigenvalue weighted by atomic mass is 32.2. The van der Waals surface area contributed by atoms with E-state index in [-0.39, 0.29) is 0 Å². The van der Waals surface area contributed by atoms with E-state index in [1.807, 2.05) is 23.5 Å². The van der Waals surface area contributed by atoms with Gasteiger partial charge in [0.15, 0.2) is 0 Å². The van der Waals surface area contributed by atoms with E-state index in [2.05, 4.69) is 104 Å². The zero-order valence-electron chi connectivity index (χ0n) is 15.3. The number of hydrogen-bond acceptors (Lipinski definition) is 3. The highest BCUT2D eigenvalue weighted by molar-refractivity contribution is 7.99. The monoisotopic (exact) mass is 379 g/mol. The van der Waals surface area contributed by atoms with Crippen LogP contribution in [0.4, 0.5) is 0 Å². The zero-order chi connectivity index (χ0) is 18.2. The van der Waals surface area contributed by atoms with Gasteiger partial charge in [0.2, 0.25) is 0 Å². The minimum Gasteiger partial charge on any atom is -0.309 e. The van der Waals surface area contributed by atoms with E-state index in [9.17, 15) is 0 Å². The predicted molar refractivity (Wildman–Crippen MR) is 116 cm³/mol. The maximum absolute atomic E-state index is 2.28. The number of benzene rings is 3. The van der Waals surface area contributed by atoms with Crippen LogP contribution in [0.5, 0.6) is 0 Å². The molecule has 26 heavy (non-hydrogen) atoms. The summed E-state index contributed by atoms with van der Waals surface area (Å²) in [5.74, 6) is 1.12. The first-order valence-corrected chi connectivity index (χ1v) is 10.7. The summed E-state index contributed by atoms with van der Waals surface area (Å²) >= 11 is 3.83. The third-order valence-electron chi connectivity index (χ3n) is 4.09. The van der Waals surface area contributed by atoms with Gasteiger partial charge in [-0.2, -0.15) is 0 Å². The van der Waals surface area contributed by atoms with E-state index in [1.165, 1.54) is 20.9 Å². The Kier molecular flexibility index (Phi) is 7.24. The summed E-state index contributed by atoms with van der Waals surface area (Å²) in [6.45, 7) is 1.09. The Balaban J connectivity index is 1.75. The van der Waals surface area contributed by atoms with Gasteiger partial charge < -0.3 is 4.90 Å². The van der Waals surface area contributed by atoms with E-state index in [0.717, 1.165) is 12.3 Å². The van der Waals surface area contributed by atoms with Gasteiger partial charge in [0.25, 0.3) is 0 Å². The van der Waals surface area contributed by atoms with Crippen LogP contribution in [0.1, 0.15) is 16.4 Å². The Morgan fingerprint density at radius 3 is 1.85 bits per heavy atom. The summed E-state index contributed by atoms with van der Waals surface area (Å²) in [5, 5.41) is 0.381. The second kappa shape index (κ2) is 9.86. The van der Waals surface area contributed by atoms with Crippen LogP contribution in [0, 0.1) is 0 Å². The quantitative estimate of drug-likeness (QED) is 0.457. The van der Waals surface area contributed by atoms with Crippen LogP contribution in [0.15, 0.2) is 94.7 Å². The number of nitrogens with zero attached hydrogens (tertiary/aromatic N) is 1. The van der Waals surface area contributed by atoms with Gasteiger partial charge in [-0.1, -0.05) is 72.4 Å². The van der Waals surface area contributed by atoms with Crippen LogP contribution >= 0.6 is 23.5 Å². The molecule has 0 aliphatic heterocycles. The fraction of sp³-hybridized carbons (Fsp3) is 0.217. The summed E-state index contributed by atoms with van der Waals surface area (Å²) in [5.41, 5.74) is 2.75. The van der Waals surface area contributed by atoms with Crippen LogP contribution in [0.2, 0.25) is 0 Å². The molecule has 0 N–H and O–H groups in total. The molecular formula is C23H25NS2. The lowest BCUT2D eigenvalue weighted by Gasteiger charge is -2.19. The molecule has 0 spiro atoms. The summed E-state index contributed by atoms with van der Waals surface area (Å²) in [4.78, 5) is 4.81. The molecule has 3 rings (SSSR count). The third kappa shape index (κ3) is 5.66. The molecule has 0 saturated heterocycles. The minimum atomic E-state index is 0.381. The maximum Gasteiger partial charge on any atom is 0.0547 e. The van der Waals surface area contributed by atoms with Crippen molar-refractivity contribution in [1.82, 2.24) is 4.90 Å². The van der Waals surface area contributed by atoms with Crippen LogP contribution in [0.25, 0.3) is 0 Å². The summed E-state index contributed by atoms with van der Waals surface area (Å²) < 4.78 is 0. The number of hydrogen-bond donors (Lipinski definition) is 0. The molecule has 3 aromatic carbocycles. The summed E-state index contributed by atoms with van der Waals surface area (Å²) in [7, 11) is 4.27. The highest BCUT2D eigenvalue weighted by Crippen LogP contribution is 2.37. The van der Waals surface area contributed by atoms with Crippen LogP contribution in [-0.4, -0.2) is 31.3 Å². The Hall–Kier alpha value is -1.68. The van der Waals surface area contributed by atoms with E-state index >= 15 is 0 Å². The van der Waals surface area contributed by atoms with Gasteiger partial charge >= 0.3 is 0 Å². The SMILES string of the molecule is CN(C)CCSC(c1ccccc1)c1ccc(Sc2ccccc2)cc1. The first-order chi connectivity index (χ1) is 12.7. The smallest absolute Gasteiger partial charge is 0.0547 e. The van der Waals surface area contributed by atoms with Crippen molar-refractivity contribution >= 4 is 23.5 Å². The fourth-order valence-electron chi connectivity index (χ4n) is 2.70. The normalized spacial score (nSPS) is 12.3. The standard InChI is InChI=1S/C23H25NS2/c1-24(2)17-18-25-23(19-9-5-3-6-10-19)20-13-15-22(16-14-20)26-21-11-7-4-8-12-21/h3-16,23H,17-18H2,1-2H3. The van der Waals surface area contributed by atoms with Crippen molar-refractivity contribution in [1.29, 1.82) is 0 Å². The van der Waals surface area contributed by atoms with Crippen molar-refractivity contribution in [3.05, 3.63) is 96.1 Å². The van der Waals surface area contributed by atoms with E-state index < -0.39 is 0 Å². The summed E-state index contributed by atoms with van der Waals surface area (Å²) in [6, 6.07) is 30.4. The minimum absolute atomic E-state index is 0.381. The Morgan fingerprint density at radius 1 is 0.692 bits per heavy atom. The van der Waals surface area contributed by atoms with Crippen molar-refractivity contribution in [2.75, 3.05) is 26.4 Å². The van der Waals surface area contributed by atoms with Crippen molar-refractivity contribution in [3.63, 3.8) is 0 Å². The van der Waals surface area contributed by atoms with Gasteiger partial charge in [0, 0.05) is 22.1 Å². The van der Waals surface area contributed by atoms with Crippen LogP contribution in [0.3, 0.4) is 0 Å². The molecule has 0 radical (unpaired) electrons. The molecule has 134 valence electrons. The lowest BCUT2D eigenvalue weighted by atomic mass is 10.0. The maximum atomic E-state index is 2.28. The highest BCUT2D eigenvalue weighted by Gasteiger charge is 2.14. The van der Waals surface area contributed by atoms with Gasteiger partial charge in [-0.15, -0.1) is 11.8 Å². The average molecular weight is 380 g/mol. The van der Waals surface area contributed by atoms with Gasteiger partial charge in [-0.05, 0) is 49.5 Å². The van der Waals surface area contributed by atoms with Crippen molar-refractivity contribution in [2.45, 2.75) is 15.0 Å². The van der Waals surface area contributed by atoms with Gasteiger partial charge in [-0.25, -0.2) is 0 Å². The second-order valence-electron chi connectivity index (χ2n) is 6.45. The number of rotatable bonds is 8. The molecule has 1 nitrogen and oxygen atoms in total. The molecule has 1 unspecified atom stereocenters. The molecule has 0 saturated carbocycles. The van der Waals surface area contributed by atoms with Gasteiger partial charge in [-0.3, -0.25) is 0 Å². The topological polar surface area (TPSA) is 3.24 Å². The average Bonchev–Trinajstić information content (AvgIpc) is 2.67. The van der Waals surface area contributed by atoms with Crippen LogP contribution < -0.4 is 0 Å². The van der Waals surface area contributed by atoms with Gasteiger partial charge in [0.1, 0.15) is 0 Å². The molecule has 1 atom stereocenters. The van der Waals surface area contributed by atoms with E-state index in [1.54, 1.807) is 0 Å². The van der Waals surface area contributed by atoms with Crippen LogP contribution in [-0.2, 0) is 0 Å². The predicted octanol–water partition coefficient (Wildman–Crippen LogP) is 6.22. The molecule has 3 heteroatoms. The fourth-order valence-corrected chi connectivity index (χ4v) is 4.94. The van der Waals surface area contributed by atoms with E-state index in [4.69, 9.17) is 0 Å². The Morgan fingerprint density at radius 2 is 1.23 bits per heavy atom. The first kappa shape index (κ1) is 19.1. The molecule has 0 aliphatic rings. The van der Waals surface area contributed by atoms with Crippen molar-refractivity contribution < 1.29 is 0 Å². The molecular weight excluding hydrogens is 354 g/mol. The van der Waals surface area contributed by atoms with Crippen molar-refractivity contribution in [2.24, 2.45) is 0 Å². The second-order valence-corrected chi connectivity index (χ2v) is 8.81. The Labute approximate surface area is 165 Å². The largest absolute Gasteiger partial charge is 0.309 e. The Bertz CT molecular complexity index is 770. The molecule has 0 amide bonds. The molecule has 0 aliphatic carbocycles. The van der Waals surface area contributed by atoms with Gasteiger partial charge in [0.05, 0.1) is 5.25 Å². The molecule has 3 aromatic rings. The van der Waals surface area contributed by atoms with Crippen molar-refractivity contribution in [3.8, 4) is 0 Å². The lowest BCUT2D eigenvalue weighted by molar-refractivity contribution is 0.437. The molecule has 0 bridgehead atoms. The molecule has 0 heterocycles. The lowest BCUT2D eigenvalue weighted by Crippen LogP contribution is -2.15. The summed E-state index contributed by atoms with van der Waals surface area (Å²) in [6.07, 6.45) is 0. The van der Waals surface area contributed by atoms with E-state index in [0.29, 0.717) is 5.25 Å². The number of thioether (sulfide) groups is 1. The zero-order valence-corrected chi connectivity index (χ0v) is 17.0. The molecule has 0 aromatic heterocycles. The first-order valence-electron chi connectivity index (χ1n) is 8.86. The third-order valence-corrected chi connectivity index (χ3v) is 6.40. The molecule has 0 fully saturated rings.